The molecule has 1 aromatic carbocycles. The van der Waals surface area contributed by atoms with Crippen molar-refractivity contribution < 1.29 is 19.4 Å². The average Bonchev–Trinajstić information content (AvgIpc) is 2.86. The number of para-hydroxylation sites is 1. The molecule has 0 aliphatic carbocycles. The number of benzene rings is 1. The van der Waals surface area contributed by atoms with Crippen LogP contribution in [0.4, 0.5) is 0 Å². The van der Waals surface area contributed by atoms with E-state index in [-0.39, 0.29) is 18.4 Å². The summed E-state index contributed by atoms with van der Waals surface area (Å²) in [5.74, 6) is 1.59. The van der Waals surface area contributed by atoms with Gasteiger partial charge in [0, 0.05) is 31.2 Å². The zero-order valence-corrected chi connectivity index (χ0v) is 14.7. The molecule has 2 atom stereocenters. The molecule has 1 saturated heterocycles. The summed E-state index contributed by atoms with van der Waals surface area (Å²) in [7, 11) is 0. The van der Waals surface area contributed by atoms with Gasteiger partial charge in [0.1, 0.15) is 5.75 Å². The molecule has 3 rings (SSSR count). The molecule has 1 unspecified atom stereocenters. The van der Waals surface area contributed by atoms with Gasteiger partial charge in [-0.2, -0.15) is 11.8 Å². The molecule has 1 amide bonds. The van der Waals surface area contributed by atoms with Crippen molar-refractivity contribution >= 4 is 23.6 Å². The molecule has 1 N–H and O–H groups in total. The van der Waals surface area contributed by atoms with Crippen LogP contribution in [-0.2, 0) is 16.0 Å². The van der Waals surface area contributed by atoms with Gasteiger partial charge in [-0.25, -0.2) is 0 Å². The van der Waals surface area contributed by atoms with Crippen molar-refractivity contribution in [1.82, 2.24) is 4.90 Å². The summed E-state index contributed by atoms with van der Waals surface area (Å²) < 4.78 is 5.86. The van der Waals surface area contributed by atoms with Crippen molar-refractivity contribution in [2.75, 3.05) is 31.2 Å². The predicted octanol–water partition coefficient (Wildman–Crippen LogP) is 2.29. The van der Waals surface area contributed by atoms with Crippen LogP contribution in [-0.4, -0.2) is 53.1 Å². The van der Waals surface area contributed by atoms with Gasteiger partial charge >= 0.3 is 5.97 Å². The molecule has 2 aliphatic heterocycles. The lowest BCUT2D eigenvalue weighted by Gasteiger charge is -2.27. The second-order valence-corrected chi connectivity index (χ2v) is 7.87. The first-order valence-electron chi connectivity index (χ1n) is 8.36. The lowest BCUT2D eigenvalue weighted by atomic mass is 9.74. The molecular formula is C18H23NO4S. The van der Waals surface area contributed by atoms with Crippen molar-refractivity contribution in [3.8, 4) is 5.75 Å². The van der Waals surface area contributed by atoms with E-state index in [4.69, 9.17) is 4.74 Å². The molecule has 2 heterocycles. The highest BCUT2D eigenvalue weighted by atomic mass is 32.2. The predicted molar refractivity (Wildman–Crippen MR) is 93.4 cm³/mol. The van der Waals surface area contributed by atoms with Crippen LogP contribution in [0, 0.1) is 11.3 Å². The van der Waals surface area contributed by atoms with Crippen LogP contribution in [0.2, 0.25) is 0 Å². The summed E-state index contributed by atoms with van der Waals surface area (Å²) in [6.07, 6.45) is 0.884. The molecule has 0 saturated carbocycles. The first-order chi connectivity index (χ1) is 11.6. The number of likely N-dealkylation sites (tertiary alicyclic amines) is 1. The maximum Gasteiger partial charge on any atom is 0.312 e. The van der Waals surface area contributed by atoms with E-state index >= 15 is 0 Å². The minimum Gasteiger partial charge on any atom is -0.493 e. The highest BCUT2D eigenvalue weighted by Gasteiger charge is 2.54. The van der Waals surface area contributed by atoms with E-state index in [1.807, 2.05) is 24.3 Å². The molecule has 130 valence electrons. The first-order valence-corrected chi connectivity index (χ1v) is 9.52. The van der Waals surface area contributed by atoms with Crippen LogP contribution in [0.1, 0.15) is 18.9 Å². The first kappa shape index (κ1) is 17.1. The summed E-state index contributed by atoms with van der Waals surface area (Å²) >= 11 is 1.73. The third kappa shape index (κ3) is 3.11. The second-order valence-electron chi connectivity index (χ2n) is 6.47. The van der Waals surface area contributed by atoms with Crippen molar-refractivity contribution in [3.63, 3.8) is 0 Å². The molecule has 0 radical (unpaired) electrons. The number of hydrogen-bond donors (Lipinski definition) is 1. The van der Waals surface area contributed by atoms with Crippen LogP contribution in [0.15, 0.2) is 24.3 Å². The molecule has 6 heteroatoms. The molecule has 0 aromatic heterocycles. The van der Waals surface area contributed by atoms with E-state index in [1.165, 1.54) is 0 Å². The number of nitrogens with zero attached hydrogens (tertiary/aromatic N) is 1. The molecule has 5 nitrogen and oxygen atoms in total. The number of carboxylic acids is 1. The quantitative estimate of drug-likeness (QED) is 0.826. The number of ether oxygens (including phenoxy) is 1. The van der Waals surface area contributed by atoms with Crippen molar-refractivity contribution in [3.05, 3.63) is 29.8 Å². The van der Waals surface area contributed by atoms with Gasteiger partial charge in [-0.1, -0.05) is 25.1 Å². The van der Waals surface area contributed by atoms with Gasteiger partial charge in [0.15, 0.2) is 0 Å². The standard InChI is InChI=1S/C18H23NO4S/c1-2-24-8-7-16(20)19-10-14-11-23-15-6-4-3-5-13(15)9-18(14,12-19)17(21)22/h3-6,14H,2,7-12H2,1H3,(H,21,22)/t14?,18-/m1/s1. The normalized spacial score (nSPS) is 25.4. The minimum atomic E-state index is -0.944. The Balaban J connectivity index is 1.81. The largest absolute Gasteiger partial charge is 0.493 e. The van der Waals surface area contributed by atoms with E-state index in [2.05, 4.69) is 6.92 Å². The number of fused-ring (bicyclic) bond motifs is 2. The smallest absolute Gasteiger partial charge is 0.312 e. The van der Waals surface area contributed by atoms with E-state index in [0.29, 0.717) is 26.0 Å². The second kappa shape index (κ2) is 7.05. The molecule has 24 heavy (non-hydrogen) atoms. The Bertz CT molecular complexity index is 635. The lowest BCUT2D eigenvalue weighted by molar-refractivity contribution is -0.151. The van der Waals surface area contributed by atoms with Gasteiger partial charge in [-0.15, -0.1) is 0 Å². The fourth-order valence-electron chi connectivity index (χ4n) is 3.68. The van der Waals surface area contributed by atoms with Crippen molar-refractivity contribution in [2.45, 2.75) is 19.8 Å². The SMILES string of the molecule is CCSCCC(=O)N1CC2COc3ccccc3C[C@@]2(C(=O)O)C1. The van der Waals surface area contributed by atoms with Gasteiger partial charge in [0.05, 0.1) is 12.0 Å². The monoisotopic (exact) mass is 349 g/mol. The third-order valence-electron chi connectivity index (χ3n) is 5.06. The van der Waals surface area contributed by atoms with Gasteiger partial charge < -0.3 is 14.7 Å². The van der Waals surface area contributed by atoms with Crippen LogP contribution in [0.3, 0.4) is 0 Å². The Labute approximate surface area is 146 Å². The van der Waals surface area contributed by atoms with Gasteiger partial charge in [0.25, 0.3) is 0 Å². The maximum atomic E-state index is 12.4. The van der Waals surface area contributed by atoms with Crippen LogP contribution in [0.25, 0.3) is 0 Å². The zero-order chi connectivity index (χ0) is 17.2. The van der Waals surface area contributed by atoms with Gasteiger partial charge in [-0.05, 0) is 23.8 Å². The summed E-state index contributed by atoms with van der Waals surface area (Å²) in [6.45, 7) is 3.16. The Morgan fingerprint density at radius 3 is 2.96 bits per heavy atom. The molecule has 1 aromatic rings. The van der Waals surface area contributed by atoms with Crippen LogP contribution < -0.4 is 4.74 Å². The van der Waals surface area contributed by atoms with Crippen molar-refractivity contribution in [2.24, 2.45) is 11.3 Å². The average molecular weight is 349 g/mol. The highest BCUT2D eigenvalue weighted by Crippen LogP contribution is 2.44. The number of amides is 1. The summed E-state index contributed by atoms with van der Waals surface area (Å²) in [6, 6.07) is 7.61. The summed E-state index contributed by atoms with van der Waals surface area (Å²) in [4.78, 5) is 26.3. The van der Waals surface area contributed by atoms with E-state index in [9.17, 15) is 14.7 Å². The Morgan fingerprint density at radius 2 is 2.21 bits per heavy atom. The lowest BCUT2D eigenvalue weighted by Crippen LogP contribution is -2.42. The number of carbonyl (C=O) groups excluding carboxylic acids is 1. The molecule has 0 spiro atoms. The number of thioether (sulfide) groups is 1. The Kier molecular flexibility index (Phi) is 5.04. The topological polar surface area (TPSA) is 66.8 Å². The minimum absolute atomic E-state index is 0.0536. The maximum absolute atomic E-state index is 12.4. The zero-order valence-electron chi connectivity index (χ0n) is 13.9. The van der Waals surface area contributed by atoms with Gasteiger partial charge in [0.2, 0.25) is 5.91 Å². The number of aliphatic carboxylic acids is 1. The van der Waals surface area contributed by atoms with Crippen LogP contribution in [0.5, 0.6) is 5.75 Å². The van der Waals surface area contributed by atoms with E-state index in [1.54, 1.807) is 16.7 Å². The Hall–Kier alpha value is -1.69. The van der Waals surface area contributed by atoms with Gasteiger partial charge in [-0.3, -0.25) is 9.59 Å². The fraction of sp³-hybridized carbons (Fsp3) is 0.556. The number of rotatable bonds is 5. The number of hydrogen-bond acceptors (Lipinski definition) is 4. The number of carbonyl (C=O) groups is 2. The summed E-state index contributed by atoms with van der Waals surface area (Å²) in [5.41, 5.74) is -0.0292. The highest BCUT2D eigenvalue weighted by molar-refractivity contribution is 7.99. The van der Waals surface area contributed by atoms with E-state index < -0.39 is 11.4 Å². The van der Waals surface area contributed by atoms with E-state index in [0.717, 1.165) is 22.8 Å². The van der Waals surface area contributed by atoms with Crippen LogP contribution >= 0.6 is 11.8 Å². The fourth-order valence-corrected chi connectivity index (χ4v) is 4.29. The molecule has 1 fully saturated rings. The molecule has 0 bridgehead atoms. The Morgan fingerprint density at radius 1 is 1.42 bits per heavy atom. The molecular weight excluding hydrogens is 326 g/mol. The molecule has 2 aliphatic rings. The third-order valence-corrected chi connectivity index (χ3v) is 5.96. The number of carboxylic acid groups (broad SMARTS) is 1. The van der Waals surface area contributed by atoms with Crippen molar-refractivity contribution in [1.29, 1.82) is 0 Å². The summed E-state index contributed by atoms with van der Waals surface area (Å²) in [5, 5.41) is 9.97.